The smallest absolute Gasteiger partial charge is 0.338 e. The van der Waals surface area contributed by atoms with Crippen LogP contribution in [0.25, 0.3) is 10.2 Å². The van der Waals surface area contributed by atoms with Gasteiger partial charge in [0.15, 0.2) is 10.2 Å². The molecule has 0 atom stereocenters. The summed E-state index contributed by atoms with van der Waals surface area (Å²) < 4.78 is 6.51. The fraction of sp³-hybridized carbons (Fsp3) is 0.111. The first kappa shape index (κ1) is 20.7. The molecular formula is C18H13BrClN3O3S2. The summed E-state index contributed by atoms with van der Waals surface area (Å²) in [5, 5.41) is 6.34. The molecule has 0 aliphatic rings. The van der Waals surface area contributed by atoms with Crippen molar-refractivity contribution in [1.29, 1.82) is 0 Å². The summed E-state index contributed by atoms with van der Waals surface area (Å²) in [5.74, 6) is -0.824. The third-order valence-corrected chi connectivity index (χ3v) is 5.48. The van der Waals surface area contributed by atoms with Crippen molar-refractivity contribution in [3.8, 4) is 0 Å². The number of rotatable bonds is 4. The fourth-order valence-corrected chi connectivity index (χ4v) is 4.02. The number of aromatic nitrogens is 1. The molecule has 3 rings (SSSR count). The number of esters is 1. The summed E-state index contributed by atoms with van der Waals surface area (Å²) in [7, 11) is 0. The molecule has 6 nitrogen and oxygen atoms in total. The summed E-state index contributed by atoms with van der Waals surface area (Å²) in [6.07, 6.45) is 0. The zero-order chi connectivity index (χ0) is 20.3. The molecule has 28 heavy (non-hydrogen) atoms. The van der Waals surface area contributed by atoms with Crippen LogP contribution in [0.5, 0.6) is 0 Å². The minimum atomic E-state index is -0.436. The molecule has 144 valence electrons. The Kier molecular flexibility index (Phi) is 6.61. The second kappa shape index (κ2) is 8.95. The summed E-state index contributed by atoms with van der Waals surface area (Å²) in [6.45, 7) is 2.06. The van der Waals surface area contributed by atoms with Crippen LogP contribution in [0.4, 0.5) is 5.13 Å². The average Bonchev–Trinajstić information content (AvgIpc) is 3.04. The van der Waals surface area contributed by atoms with Crippen LogP contribution in [0.2, 0.25) is 5.02 Å². The lowest BCUT2D eigenvalue weighted by Gasteiger charge is -2.08. The van der Waals surface area contributed by atoms with Gasteiger partial charge < -0.3 is 10.1 Å². The Bertz CT molecular complexity index is 1090. The van der Waals surface area contributed by atoms with Crippen molar-refractivity contribution in [2.75, 3.05) is 11.9 Å². The molecule has 2 aromatic carbocycles. The number of amides is 1. The molecule has 10 heteroatoms. The lowest BCUT2D eigenvalue weighted by atomic mass is 10.2. The van der Waals surface area contributed by atoms with Crippen LogP contribution in [0.1, 0.15) is 27.6 Å². The van der Waals surface area contributed by atoms with Crippen molar-refractivity contribution in [3.63, 3.8) is 0 Å². The van der Waals surface area contributed by atoms with Gasteiger partial charge in [-0.05, 0) is 55.5 Å². The van der Waals surface area contributed by atoms with E-state index in [1.165, 1.54) is 11.3 Å². The average molecular weight is 499 g/mol. The highest BCUT2D eigenvalue weighted by molar-refractivity contribution is 9.10. The van der Waals surface area contributed by atoms with Gasteiger partial charge in [-0.3, -0.25) is 10.1 Å². The van der Waals surface area contributed by atoms with Gasteiger partial charge >= 0.3 is 5.97 Å². The standard InChI is InChI=1S/C18H13BrClN3O3S2/c1-2-26-16(25)9-3-6-13-14(7-9)28-18(21-13)23-17(27)22-15(24)11-8-10(19)4-5-12(11)20/h3-8H,2H2,1H3,(H2,21,22,23,24,27). The first-order chi connectivity index (χ1) is 13.4. The highest BCUT2D eigenvalue weighted by Gasteiger charge is 2.14. The van der Waals surface area contributed by atoms with E-state index in [4.69, 9.17) is 28.6 Å². The number of benzene rings is 2. The van der Waals surface area contributed by atoms with E-state index in [1.54, 1.807) is 43.3 Å². The predicted molar refractivity (Wildman–Crippen MR) is 118 cm³/mol. The first-order valence-corrected chi connectivity index (χ1v) is 10.4. The molecule has 1 aromatic heterocycles. The van der Waals surface area contributed by atoms with Gasteiger partial charge in [-0.15, -0.1) is 0 Å². The number of halogens is 2. The summed E-state index contributed by atoms with van der Waals surface area (Å²) in [4.78, 5) is 28.6. The van der Waals surface area contributed by atoms with Crippen LogP contribution in [0.3, 0.4) is 0 Å². The second-order valence-corrected chi connectivity index (χ2v) is 8.22. The molecule has 0 saturated heterocycles. The van der Waals surface area contributed by atoms with Crippen LogP contribution in [-0.4, -0.2) is 28.6 Å². The topological polar surface area (TPSA) is 80.3 Å². The summed E-state index contributed by atoms with van der Waals surface area (Å²) in [5.41, 5.74) is 1.44. The van der Waals surface area contributed by atoms with Gasteiger partial charge in [-0.25, -0.2) is 9.78 Å². The van der Waals surface area contributed by atoms with Gasteiger partial charge in [0.2, 0.25) is 0 Å². The Morgan fingerprint density at radius 2 is 2.07 bits per heavy atom. The lowest BCUT2D eigenvalue weighted by Crippen LogP contribution is -2.34. The third kappa shape index (κ3) is 4.85. The molecule has 0 fully saturated rings. The van der Waals surface area contributed by atoms with Gasteiger partial charge in [0.25, 0.3) is 5.91 Å². The van der Waals surface area contributed by atoms with Gasteiger partial charge in [0.05, 0.1) is 33.0 Å². The van der Waals surface area contributed by atoms with Crippen LogP contribution in [0.15, 0.2) is 40.9 Å². The SMILES string of the molecule is CCOC(=O)c1ccc2nc(NC(=S)NC(=O)c3cc(Br)ccc3Cl)sc2c1. The van der Waals surface area contributed by atoms with Crippen molar-refractivity contribution in [2.24, 2.45) is 0 Å². The first-order valence-electron chi connectivity index (χ1n) is 8.02. The highest BCUT2D eigenvalue weighted by Crippen LogP contribution is 2.27. The van der Waals surface area contributed by atoms with Crippen LogP contribution >= 0.6 is 51.1 Å². The van der Waals surface area contributed by atoms with E-state index in [2.05, 4.69) is 31.5 Å². The molecule has 0 radical (unpaired) electrons. The highest BCUT2D eigenvalue weighted by atomic mass is 79.9. The van der Waals surface area contributed by atoms with Gasteiger partial charge in [0.1, 0.15) is 0 Å². The molecule has 2 N–H and O–H groups in total. The van der Waals surface area contributed by atoms with Crippen molar-refractivity contribution in [3.05, 3.63) is 57.0 Å². The number of carbonyl (C=O) groups excluding carboxylic acids is 2. The Balaban J connectivity index is 1.71. The lowest BCUT2D eigenvalue weighted by molar-refractivity contribution is 0.0526. The van der Waals surface area contributed by atoms with E-state index >= 15 is 0 Å². The monoisotopic (exact) mass is 497 g/mol. The number of fused-ring (bicyclic) bond motifs is 1. The molecule has 0 bridgehead atoms. The zero-order valence-corrected chi connectivity index (χ0v) is 18.4. The van der Waals surface area contributed by atoms with Crippen molar-refractivity contribution in [1.82, 2.24) is 10.3 Å². The van der Waals surface area contributed by atoms with Gasteiger partial charge in [-0.2, -0.15) is 0 Å². The van der Waals surface area contributed by atoms with E-state index in [0.717, 1.165) is 9.17 Å². The van der Waals surface area contributed by atoms with Crippen molar-refractivity contribution < 1.29 is 14.3 Å². The van der Waals surface area contributed by atoms with E-state index in [-0.39, 0.29) is 11.1 Å². The molecule has 3 aromatic rings. The Morgan fingerprint density at radius 3 is 2.82 bits per heavy atom. The van der Waals surface area contributed by atoms with Crippen LogP contribution in [0, 0.1) is 0 Å². The molecule has 0 spiro atoms. The minimum absolute atomic E-state index is 0.0886. The number of thiocarbonyl (C=S) groups is 1. The third-order valence-electron chi connectivity index (χ3n) is 3.52. The normalized spacial score (nSPS) is 10.5. The fourth-order valence-electron chi connectivity index (χ4n) is 2.29. The maximum Gasteiger partial charge on any atom is 0.338 e. The Morgan fingerprint density at radius 1 is 1.29 bits per heavy atom. The number of nitrogens with zero attached hydrogens (tertiary/aromatic N) is 1. The van der Waals surface area contributed by atoms with Gasteiger partial charge in [-0.1, -0.05) is 38.9 Å². The van der Waals surface area contributed by atoms with E-state index in [1.807, 2.05) is 0 Å². The molecule has 1 heterocycles. The Hall–Kier alpha value is -2.07. The summed E-state index contributed by atoms with van der Waals surface area (Å²) >= 11 is 15.8. The van der Waals surface area contributed by atoms with E-state index in [9.17, 15) is 9.59 Å². The molecule has 0 unspecified atom stereocenters. The molecule has 0 saturated carbocycles. The van der Waals surface area contributed by atoms with Crippen LogP contribution < -0.4 is 10.6 Å². The number of anilines is 1. The molecule has 1 amide bonds. The maximum atomic E-state index is 12.4. The largest absolute Gasteiger partial charge is 0.462 e. The van der Waals surface area contributed by atoms with Crippen LogP contribution in [-0.2, 0) is 4.74 Å². The number of ether oxygens (including phenoxy) is 1. The molecular weight excluding hydrogens is 486 g/mol. The predicted octanol–water partition coefficient (Wildman–Crippen LogP) is 5.02. The van der Waals surface area contributed by atoms with E-state index < -0.39 is 5.91 Å². The second-order valence-electron chi connectivity index (χ2n) is 5.45. The van der Waals surface area contributed by atoms with E-state index in [0.29, 0.717) is 33.4 Å². The summed E-state index contributed by atoms with van der Waals surface area (Å²) in [6, 6.07) is 10.0. The molecule has 0 aliphatic heterocycles. The quantitative estimate of drug-likeness (QED) is 0.388. The number of nitrogens with one attached hydrogen (secondary N) is 2. The van der Waals surface area contributed by atoms with Gasteiger partial charge in [0, 0.05) is 4.47 Å². The Labute approximate surface area is 183 Å². The number of carbonyl (C=O) groups is 2. The maximum absolute atomic E-state index is 12.4. The number of thiazole rings is 1. The number of hydrogen-bond donors (Lipinski definition) is 2. The zero-order valence-electron chi connectivity index (χ0n) is 14.4. The van der Waals surface area contributed by atoms with Crippen molar-refractivity contribution >= 4 is 83.4 Å². The van der Waals surface area contributed by atoms with Crippen molar-refractivity contribution in [2.45, 2.75) is 6.92 Å². The molecule has 0 aliphatic carbocycles. The minimum Gasteiger partial charge on any atom is -0.462 e. The number of hydrogen-bond acceptors (Lipinski definition) is 6.